The summed E-state index contributed by atoms with van der Waals surface area (Å²) in [5.41, 5.74) is 0.790. The van der Waals surface area contributed by atoms with Crippen molar-refractivity contribution in [3.63, 3.8) is 0 Å². The number of carbonyl (C=O) groups is 2. The lowest BCUT2D eigenvalue weighted by Gasteiger charge is -2.09. The van der Waals surface area contributed by atoms with Crippen LogP contribution in [0.15, 0.2) is 30.3 Å². The average Bonchev–Trinajstić information content (AvgIpc) is 2.33. The Hall–Kier alpha value is -1.81. The number of likely N-dealkylation sites (N-methyl/N-ethyl adjacent to an activating group) is 1. The molecule has 0 heterocycles. The Morgan fingerprint density at radius 2 is 2.11 bits per heavy atom. The van der Waals surface area contributed by atoms with Crippen LogP contribution in [-0.4, -0.2) is 37.5 Å². The minimum absolute atomic E-state index is 0.258. The molecule has 0 aromatic heterocycles. The number of nitrogens with zero attached hydrogens (tertiary/aromatic N) is 1. The van der Waals surface area contributed by atoms with Crippen molar-refractivity contribution in [2.24, 2.45) is 0 Å². The Bertz CT molecular complexity index is 469. The van der Waals surface area contributed by atoms with Gasteiger partial charge in [-0.05, 0) is 23.8 Å². The molecule has 1 rings (SSSR count). The maximum atomic E-state index is 11.3. The number of hydrogen-bond donors (Lipinski definition) is 0. The predicted octanol–water partition coefficient (Wildman–Crippen LogP) is 1.98. The van der Waals surface area contributed by atoms with Crippen LogP contribution in [0.3, 0.4) is 0 Å². The molecule has 5 heteroatoms. The number of rotatable bonds is 4. The molecule has 0 spiro atoms. The van der Waals surface area contributed by atoms with Gasteiger partial charge in [-0.25, -0.2) is 4.79 Å². The molecule has 0 saturated carbocycles. The lowest BCUT2D eigenvalue weighted by Crippen LogP contribution is -2.27. The van der Waals surface area contributed by atoms with Crippen molar-refractivity contribution >= 4 is 29.6 Å². The maximum Gasteiger partial charge on any atom is 0.331 e. The van der Waals surface area contributed by atoms with Crippen LogP contribution in [0.1, 0.15) is 5.56 Å². The molecular weight excluding hydrogens is 254 g/mol. The van der Waals surface area contributed by atoms with Gasteiger partial charge in [-0.15, -0.1) is 0 Å². The van der Waals surface area contributed by atoms with Gasteiger partial charge in [0.05, 0.1) is 0 Å². The van der Waals surface area contributed by atoms with E-state index in [0.717, 1.165) is 5.56 Å². The minimum Gasteiger partial charge on any atom is -0.452 e. The highest BCUT2D eigenvalue weighted by atomic mass is 35.5. The smallest absolute Gasteiger partial charge is 0.331 e. The molecule has 0 aliphatic heterocycles. The van der Waals surface area contributed by atoms with Gasteiger partial charge in [0, 0.05) is 25.2 Å². The van der Waals surface area contributed by atoms with E-state index in [9.17, 15) is 9.59 Å². The van der Waals surface area contributed by atoms with Crippen LogP contribution in [0.2, 0.25) is 5.02 Å². The molecule has 0 unspecified atom stereocenters. The molecule has 0 saturated heterocycles. The van der Waals surface area contributed by atoms with Crippen molar-refractivity contribution < 1.29 is 14.3 Å². The molecule has 0 fully saturated rings. The molecule has 0 atom stereocenters. The van der Waals surface area contributed by atoms with Crippen LogP contribution >= 0.6 is 11.6 Å². The van der Waals surface area contributed by atoms with E-state index in [0.29, 0.717) is 5.02 Å². The number of ether oxygens (including phenoxy) is 1. The molecule has 0 aliphatic rings. The second kappa shape index (κ2) is 6.81. The average molecular weight is 268 g/mol. The van der Waals surface area contributed by atoms with E-state index in [-0.39, 0.29) is 12.5 Å². The van der Waals surface area contributed by atoms with Gasteiger partial charge in [-0.2, -0.15) is 0 Å². The van der Waals surface area contributed by atoms with E-state index < -0.39 is 5.97 Å². The summed E-state index contributed by atoms with van der Waals surface area (Å²) in [6.07, 6.45) is 2.84. The quantitative estimate of drug-likeness (QED) is 0.619. The SMILES string of the molecule is CN(C)C(=O)COC(=O)/C=C/c1cccc(Cl)c1. The molecule has 1 amide bonds. The van der Waals surface area contributed by atoms with Crippen molar-refractivity contribution in [2.75, 3.05) is 20.7 Å². The molecule has 18 heavy (non-hydrogen) atoms. The fourth-order valence-corrected chi connectivity index (χ4v) is 1.28. The Balaban J connectivity index is 2.47. The van der Waals surface area contributed by atoms with Crippen LogP contribution < -0.4 is 0 Å². The van der Waals surface area contributed by atoms with E-state index in [1.54, 1.807) is 44.4 Å². The lowest BCUT2D eigenvalue weighted by molar-refractivity contribution is -0.146. The lowest BCUT2D eigenvalue weighted by atomic mass is 10.2. The van der Waals surface area contributed by atoms with Crippen LogP contribution in [0.25, 0.3) is 6.08 Å². The summed E-state index contributed by atoms with van der Waals surface area (Å²) in [4.78, 5) is 23.8. The van der Waals surface area contributed by atoms with Gasteiger partial charge >= 0.3 is 5.97 Å². The van der Waals surface area contributed by atoms with Crippen molar-refractivity contribution in [3.05, 3.63) is 40.9 Å². The highest BCUT2D eigenvalue weighted by molar-refractivity contribution is 6.30. The zero-order valence-electron chi connectivity index (χ0n) is 10.2. The molecule has 1 aromatic rings. The number of halogens is 1. The molecular formula is C13H14ClNO3. The van der Waals surface area contributed by atoms with Crippen molar-refractivity contribution in [1.29, 1.82) is 0 Å². The van der Waals surface area contributed by atoms with Crippen molar-refractivity contribution in [1.82, 2.24) is 4.90 Å². The number of esters is 1. The van der Waals surface area contributed by atoms with Crippen molar-refractivity contribution in [3.8, 4) is 0 Å². The second-order valence-electron chi connectivity index (χ2n) is 3.78. The van der Waals surface area contributed by atoms with Crippen molar-refractivity contribution in [2.45, 2.75) is 0 Å². The molecule has 0 N–H and O–H groups in total. The minimum atomic E-state index is -0.565. The van der Waals surface area contributed by atoms with E-state index in [4.69, 9.17) is 16.3 Å². The van der Waals surface area contributed by atoms with Crippen LogP contribution in [0, 0.1) is 0 Å². The topological polar surface area (TPSA) is 46.6 Å². The first-order valence-electron chi connectivity index (χ1n) is 5.29. The fourth-order valence-electron chi connectivity index (χ4n) is 1.08. The molecule has 96 valence electrons. The zero-order chi connectivity index (χ0) is 13.5. The summed E-state index contributed by atoms with van der Waals surface area (Å²) in [6, 6.07) is 7.05. The molecule has 0 radical (unpaired) electrons. The number of carbonyl (C=O) groups excluding carboxylic acids is 2. The Labute approximate surface area is 111 Å². The number of hydrogen-bond acceptors (Lipinski definition) is 3. The third-order valence-electron chi connectivity index (χ3n) is 2.10. The largest absolute Gasteiger partial charge is 0.452 e. The molecule has 0 aliphatic carbocycles. The van der Waals surface area contributed by atoms with Crippen LogP contribution in [0.5, 0.6) is 0 Å². The van der Waals surface area contributed by atoms with Gasteiger partial charge in [-0.3, -0.25) is 4.79 Å². The van der Waals surface area contributed by atoms with E-state index in [1.165, 1.54) is 11.0 Å². The Kier molecular flexibility index (Phi) is 5.39. The summed E-state index contributed by atoms with van der Waals surface area (Å²) in [5.74, 6) is -0.829. The van der Waals surface area contributed by atoms with Gasteiger partial charge < -0.3 is 9.64 Å². The highest BCUT2D eigenvalue weighted by Crippen LogP contribution is 2.11. The summed E-state index contributed by atoms with van der Waals surface area (Å²) in [7, 11) is 3.19. The number of benzene rings is 1. The zero-order valence-corrected chi connectivity index (χ0v) is 11.0. The van der Waals surface area contributed by atoms with Gasteiger partial charge in [-0.1, -0.05) is 23.7 Å². The summed E-state index contributed by atoms with van der Waals surface area (Å²) >= 11 is 5.80. The molecule has 0 bridgehead atoms. The molecule has 4 nitrogen and oxygen atoms in total. The maximum absolute atomic E-state index is 11.3. The standard InChI is InChI=1S/C13H14ClNO3/c1-15(2)12(16)9-18-13(17)7-6-10-4-3-5-11(14)8-10/h3-8H,9H2,1-2H3/b7-6+. The van der Waals surface area contributed by atoms with Gasteiger partial charge in [0.15, 0.2) is 6.61 Å². The van der Waals surface area contributed by atoms with Gasteiger partial charge in [0.1, 0.15) is 0 Å². The summed E-state index contributed by atoms with van der Waals surface area (Å²) < 4.78 is 4.77. The summed E-state index contributed by atoms with van der Waals surface area (Å²) in [6.45, 7) is -0.258. The third kappa shape index (κ3) is 5.01. The van der Waals surface area contributed by atoms with E-state index >= 15 is 0 Å². The third-order valence-corrected chi connectivity index (χ3v) is 2.33. The highest BCUT2D eigenvalue weighted by Gasteiger charge is 2.06. The van der Waals surface area contributed by atoms with Crippen LogP contribution in [-0.2, 0) is 14.3 Å². The van der Waals surface area contributed by atoms with Crippen LogP contribution in [0.4, 0.5) is 0 Å². The fraction of sp³-hybridized carbons (Fsp3) is 0.231. The van der Waals surface area contributed by atoms with E-state index in [1.807, 2.05) is 0 Å². The second-order valence-corrected chi connectivity index (χ2v) is 4.22. The number of amides is 1. The van der Waals surface area contributed by atoms with Gasteiger partial charge in [0.25, 0.3) is 5.91 Å². The molecule has 1 aromatic carbocycles. The normalized spacial score (nSPS) is 10.4. The first kappa shape index (κ1) is 14.3. The Morgan fingerprint density at radius 1 is 1.39 bits per heavy atom. The van der Waals surface area contributed by atoms with E-state index in [2.05, 4.69) is 0 Å². The Morgan fingerprint density at radius 3 is 2.72 bits per heavy atom. The monoisotopic (exact) mass is 267 g/mol. The first-order valence-corrected chi connectivity index (χ1v) is 5.67. The summed E-state index contributed by atoms with van der Waals surface area (Å²) in [5, 5.41) is 0.591. The predicted molar refractivity (Wildman–Crippen MR) is 70.1 cm³/mol. The first-order chi connectivity index (χ1) is 8.49. The van der Waals surface area contributed by atoms with Gasteiger partial charge in [0.2, 0.25) is 0 Å².